The number of fused-ring (bicyclic) bond motifs is 4. The monoisotopic (exact) mass is 729 g/mol. The van der Waals surface area contributed by atoms with E-state index in [4.69, 9.17) is 0 Å². The fraction of sp³-hybridized carbons (Fsp3) is 0.351. The molecule has 1 atom stereocenters. The van der Waals surface area contributed by atoms with Gasteiger partial charge in [0, 0.05) is 53.8 Å². The highest BCUT2D eigenvalue weighted by Crippen LogP contribution is 2.53. The van der Waals surface area contributed by atoms with Crippen LogP contribution in [0.25, 0.3) is 54.5 Å². The third kappa shape index (κ3) is 6.03. The van der Waals surface area contributed by atoms with Crippen LogP contribution in [0, 0.1) is 13.8 Å². The van der Waals surface area contributed by atoms with Crippen molar-refractivity contribution in [3.63, 3.8) is 0 Å². The molecule has 256 valence electrons. The molecule has 0 radical (unpaired) electrons. The molecule has 0 fully saturated rings. The number of rotatable bonds is 8. The molecule has 4 aromatic heterocycles. The second-order valence-corrected chi connectivity index (χ2v) is 15.7. The van der Waals surface area contributed by atoms with E-state index in [1.54, 1.807) is 17.4 Å². The third-order valence-electron chi connectivity index (χ3n) is 9.37. The normalized spacial score (nSPS) is 15.4. The van der Waals surface area contributed by atoms with Gasteiger partial charge in [0.1, 0.15) is 11.0 Å². The van der Waals surface area contributed by atoms with Gasteiger partial charge in [-0.2, -0.15) is 35.1 Å². The van der Waals surface area contributed by atoms with Crippen LogP contribution in [-0.2, 0) is 18.9 Å². The van der Waals surface area contributed by atoms with Crippen LogP contribution in [0.5, 0.6) is 0 Å². The Kier molecular flexibility index (Phi) is 8.80. The van der Waals surface area contributed by atoms with Crippen LogP contribution >= 0.6 is 34.4 Å². The molecule has 0 aliphatic heterocycles. The molecular formula is C37H33F6N3S3. The van der Waals surface area contributed by atoms with Gasteiger partial charge in [-0.3, -0.25) is 0 Å². The number of thiophene rings is 2. The molecule has 1 aliphatic rings. The predicted octanol–water partition coefficient (Wildman–Crippen LogP) is 13.4. The first kappa shape index (κ1) is 34.0. The zero-order valence-corrected chi connectivity index (χ0v) is 29.7. The lowest BCUT2D eigenvalue weighted by atomic mass is 9.85. The predicted molar refractivity (Wildman–Crippen MR) is 191 cm³/mol. The van der Waals surface area contributed by atoms with Gasteiger partial charge in [-0.15, -0.1) is 22.7 Å². The molecule has 0 bridgehead atoms. The van der Waals surface area contributed by atoms with Gasteiger partial charge in [-0.05, 0) is 73.6 Å². The van der Waals surface area contributed by atoms with Crippen molar-refractivity contribution in [1.82, 2.24) is 13.3 Å². The molecule has 3 nitrogen and oxygen atoms in total. The Hall–Kier alpha value is -3.48. The second-order valence-electron chi connectivity index (χ2n) is 12.8. The Bertz CT molecular complexity index is 2230. The summed E-state index contributed by atoms with van der Waals surface area (Å²) >= 11 is 2.90. The third-order valence-corrected chi connectivity index (χ3v) is 12.2. The molecule has 0 saturated heterocycles. The Morgan fingerprint density at radius 3 is 2.22 bits per heavy atom. The van der Waals surface area contributed by atoms with Crippen molar-refractivity contribution >= 4 is 68.0 Å². The van der Waals surface area contributed by atoms with E-state index in [0.717, 1.165) is 47.8 Å². The van der Waals surface area contributed by atoms with Crippen LogP contribution in [0.2, 0.25) is 0 Å². The summed E-state index contributed by atoms with van der Waals surface area (Å²) in [4.78, 5) is 1.02. The van der Waals surface area contributed by atoms with Crippen LogP contribution in [0.3, 0.4) is 0 Å². The summed E-state index contributed by atoms with van der Waals surface area (Å²) < 4.78 is 95.2. The summed E-state index contributed by atoms with van der Waals surface area (Å²) in [5.74, 6) is 0.301. The van der Waals surface area contributed by atoms with E-state index in [2.05, 4.69) is 64.4 Å². The molecule has 2 aromatic carbocycles. The van der Waals surface area contributed by atoms with Crippen molar-refractivity contribution in [1.29, 1.82) is 0 Å². The first-order valence-corrected chi connectivity index (χ1v) is 18.6. The van der Waals surface area contributed by atoms with Crippen molar-refractivity contribution in [2.45, 2.75) is 84.6 Å². The quantitative estimate of drug-likeness (QED) is 0.115. The number of aromatic nitrogens is 3. The number of hydrogen-bond donors (Lipinski definition) is 0. The van der Waals surface area contributed by atoms with Crippen LogP contribution < -0.4 is 0 Å². The summed E-state index contributed by atoms with van der Waals surface area (Å²) in [5.41, 5.74) is 4.27. The minimum absolute atomic E-state index is 0.00134. The number of aryl methyl sites for hydroxylation is 3. The highest BCUT2D eigenvalue weighted by molar-refractivity contribution is 7.17. The van der Waals surface area contributed by atoms with Crippen LogP contribution in [0.4, 0.5) is 26.3 Å². The van der Waals surface area contributed by atoms with Gasteiger partial charge in [-0.25, -0.2) is 0 Å². The maximum absolute atomic E-state index is 14.2. The largest absolute Gasteiger partial charge is 0.418 e. The summed E-state index contributed by atoms with van der Waals surface area (Å²) in [6, 6.07) is 13.9. The van der Waals surface area contributed by atoms with E-state index in [0.29, 0.717) is 28.3 Å². The van der Waals surface area contributed by atoms with Crippen LogP contribution in [0.1, 0.15) is 89.6 Å². The number of benzene rings is 2. The number of hydrogen-bond acceptors (Lipinski definition) is 5. The summed E-state index contributed by atoms with van der Waals surface area (Å²) in [6.07, 6.45) is -2.48. The van der Waals surface area contributed by atoms with E-state index in [9.17, 15) is 26.3 Å². The average Bonchev–Trinajstić information content (AvgIpc) is 3.83. The second kappa shape index (κ2) is 12.7. The summed E-state index contributed by atoms with van der Waals surface area (Å²) in [7, 11) is 0. The maximum Gasteiger partial charge on any atom is 0.418 e. The lowest BCUT2D eigenvalue weighted by Gasteiger charge is -2.21. The summed E-state index contributed by atoms with van der Waals surface area (Å²) in [6.45, 7) is 8.64. The van der Waals surface area contributed by atoms with E-state index < -0.39 is 33.2 Å². The summed E-state index contributed by atoms with van der Waals surface area (Å²) in [5, 5.41) is 1.31. The first-order chi connectivity index (χ1) is 23.3. The number of halogens is 6. The van der Waals surface area contributed by atoms with E-state index in [1.165, 1.54) is 58.6 Å². The van der Waals surface area contributed by atoms with Gasteiger partial charge in [0.25, 0.3) is 0 Å². The minimum Gasteiger partial charge on any atom is -0.341 e. The van der Waals surface area contributed by atoms with Crippen LogP contribution in [0.15, 0.2) is 42.5 Å². The van der Waals surface area contributed by atoms with Gasteiger partial charge in [0.2, 0.25) is 0 Å². The molecule has 6 aromatic rings. The highest BCUT2D eigenvalue weighted by atomic mass is 32.1. The SMILES string of the molecule is CCCCCCn1c2c(c3ccc(C)cc31)C(C)CC(c1ccc(-c3ccc(-c4sc(C)c(C(F)(F)F)c4C(F)(F)F)c4nsnc34)s1)=C2. The molecular weight excluding hydrogens is 697 g/mol. The molecule has 12 heteroatoms. The van der Waals surface area contributed by atoms with Crippen molar-refractivity contribution in [3.8, 4) is 20.9 Å². The molecule has 49 heavy (non-hydrogen) atoms. The molecule has 0 N–H and O–H groups in total. The molecule has 4 heterocycles. The molecule has 7 rings (SSSR count). The number of allylic oxidation sites excluding steroid dienone is 1. The van der Waals surface area contributed by atoms with E-state index >= 15 is 0 Å². The Labute approximate surface area is 292 Å². The fourth-order valence-electron chi connectivity index (χ4n) is 7.19. The Morgan fingerprint density at radius 2 is 1.51 bits per heavy atom. The zero-order chi connectivity index (χ0) is 34.8. The van der Waals surface area contributed by atoms with Crippen molar-refractivity contribution in [3.05, 3.63) is 80.2 Å². The van der Waals surface area contributed by atoms with E-state index in [1.807, 2.05) is 6.07 Å². The van der Waals surface area contributed by atoms with Crippen molar-refractivity contribution < 1.29 is 26.3 Å². The topological polar surface area (TPSA) is 30.7 Å². The van der Waals surface area contributed by atoms with Gasteiger partial charge in [0.15, 0.2) is 0 Å². The molecule has 1 aliphatic carbocycles. The lowest BCUT2D eigenvalue weighted by Crippen LogP contribution is -2.16. The number of alkyl halides is 6. The average molecular weight is 730 g/mol. The Balaban J connectivity index is 1.29. The fourth-order valence-corrected chi connectivity index (χ4v) is 10.0. The van der Waals surface area contributed by atoms with Gasteiger partial charge >= 0.3 is 12.4 Å². The van der Waals surface area contributed by atoms with Gasteiger partial charge in [-0.1, -0.05) is 57.4 Å². The number of unbranched alkanes of at least 4 members (excludes halogenated alkanes) is 3. The maximum atomic E-state index is 14.2. The highest BCUT2D eigenvalue weighted by Gasteiger charge is 2.48. The minimum atomic E-state index is -5.20. The molecule has 0 saturated carbocycles. The van der Waals surface area contributed by atoms with Crippen molar-refractivity contribution in [2.24, 2.45) is 0 Å². The van der Waals surface area contributed by atoms with Gasteiger partial charge in [0.05, 0.1) is 22.9 Å². The van der Waals surface area contributed by atoms with Crippen LogP contribution in [-0.4, -0.2) is 13.3 Å². The van der Waals surface area contributed by atoms with E-state index in [-0.39, 0.29) is 11.1 Å². The zero-order valence-electron chi connectivity index (χ0n) is 27.3. The van der Waals surface area contributed by atoms with Crippen molar-refractivity contribution in [2.75, 3.05) is 0 Å². The smallest absolute Gasteiger partial charge is 0.341 e. The molecule has 0 spiro atoms. The number of nitrogens with zero attached hydrogens (tertiary/aromatic N) is 3. The molecule has 1 unspecified atom stereocenters. The molecule has 0 amide bonds. The first-order valence-electron chi connectivity index (χ1n) is 16.2. The lowest BCUT2D eigenvalue weighted by molar-refractivity contribution is -0.161. The standard InChI is InChI=1S/C37H33F6N3S3/c1-5-6-7-8-15-46-26-16-19(2)9-10-23(26)30-20(3)17-22(18-27(30)46)28-13-14-29(48-28)24-11-12-25(34-33(24)44-49-45-34)35-32(37(41,42)43)31(21(4)47-35)36(38,39)40/h9-14,16,18,20H,5-8,15,17H2,1-4H3. The Morgan fingerprint density at radius 1 is 0.816 bits per heavy atom. The van der Waals surface area contributed by atoms with Gasteiger partial charge < -0.3 is 4.57 Å².